The summed E-state index contributed by atoms with van der Waals surface area (Å²) < 4.78 is 6.31. The summed E-state index contributed by atoms with van der Waals surface area (Å²) in [5.74, 6) is 1.42. The summed E-state index contributed by atoms with van der Waals surface area (Å²) in [4.78, 5) is 10.4. The third kappa shape index (κ3) is 2.52. The van der Waals surface area contributed by atoms with Gasteiger partial charge in [0.05, 0.1) is 0 Å². The molecule has 2 atom stereocenters. The van der Waals surface area contributed by atoms with E-state index < -0.39 is 0 Å². The van der Waals surface area contributed by atoms with Crippen molar-refractivity contribution in [3.63, 3.8) is 0 Å². The second-order valence-electron chi connectivity index (χ2n) is 7.33. The van der Waals surface area contributed by atoms with E-state index in [-0.39, 0.29) is 6.10 Å². The topological polar surface area (TPSA) is 41.1 Å². The molecule has 4 nitrogen and oxygen atoms in total. The fourth-order valence-corrected chi connectivity index (χ4v) is 4.54. The van der Waals surface area contributed by atoms with Crippen LogP contribution in [0.4, 0.5) is 0 Å². The molecule has 1 aromatic carbocycles. The first kappa shape index (κ1) is 15.0. The van der Waals surface area contributed by atoms with Crippen molar-refractivity contribution < 1.29 is 4.74 Å². The van der Waals surface area contributed by atoms with Gasteiger partial charge in [0.25, 0.3) is 0 Å². The molecule has 0 saturated carbocycles. The zero-order chi connectivity index (χ0) is 16.8. The lowest BCUT2D eigenvalue weighted by molar-refractivity contribution is -0.0525. The Morgan fingerprint density at radius 1 is 1.12 bits per heavy atom. The molecule has 2 aromatic heterocycles. The van der Waals surface area contributed by atoms with Crippen LogP contribution < -0.4 is 4.74 Å². The predicted octanol–water partition coefficient (Wildman–Crippen LogP) is 4.09. The second-order valence-corrected chi connectivity index (χ2v) is 7.33. The molecule has 2 unspecified atom stereocenters. The average molecular weight is 333 g/mol. The largest absolute Gasteiger partial charge is 0.472 e. The molecule has 3 aromatic rings. The van der Waals surface area contributed by atoms with Crippen LogP contribution in [0.3, 0.4) is 0 Å². The van der Waals surface area contributed by atoms with Crippen molar-refractivity contribution in [3.8, 4) is 17.0 Å². The molecule has 3 fully saturated rings. The quantitative estimate of drug-likeness (QED) is 0.785. The van der Waals surface area contributed by atoms with Gasteiger partial charge in [0.15, 0.2) is 0 Å². The maximum absolute atomic E-state index is 6.31. The lowest BCUT2D eigenvalue weighted by Crippen LogP contribution is -2.58. The summed E-state index contributed by atoms with van der Waals surface area (Å²) in [7, 11) is 0. The highest BCUT2D eigenvalue weighted by Crippen LogP contribution is 2.35. The van der Waals surface area contributed by atoms with E-state index in [1.165, 1.54) is 36.9 Å². The number of nitrogens with zero attached hydrogens (tertiary/aromatic N) is 2. The van der Waals surface area contributed by atoms with Gasteiger partial charge in [-0.15, -0.1) is 0 Å². The van der Waals surface area contributed by atoms with Crippen LogP contribution >= 0.6 is 0 Å². The highest BCUT2D eigenvalue weighted by atomic mass is 16.5. The molecule has 4 heteroatoms. The zero-order valence-corrected chi connectivity index (χ0v) is 14.5. The maximum Gasteiger partial charge on any atom is 0.213 e. The van der Waals surface area contributed by atoms with Crippen LogP contribution in [-0.4, -0.2) is 40.1 Å². The van der Waals surface area contributed by atoms with Gasteiger partial charge in [-0.25, -0.2) is 4.98 Å². The van der Waals surface area contributed by atoms with Crippen LogP contribution in [0.5, 0.6) is 5.88 Å². The summed E-state index contributed by atoms with van der Waals surface area (Å²) in [6.45, 7) is 4.73. The molecular formula is C21H23N3O. The van der Waals surface area contributed by atoms with Crippen molar-refractivity contribution in [3.05, 3.63) is 48.8 Å². The average Bonchev–Trinajstić information content (AvgIpc) is 3.14. The first-order valence-corrected chi connectivity index (χ1v) is 9.23. The smallest absolute Gasteiger partial charge is 0.213 e. The van der Waals surface area contributed by atoms with Gasteiger partial charge in [-0.3, -0.25) is 4.90 Å². The highest BCUT2D eigenvalue weighted by Gasteiger charge is 2.41. The molecule has 6 rings (SSSR count). The molecule has 128 valence electrons. The van der Waals surface area contributed by atoms with Crippen molar-refractivity contribution in [2.75, 3.05) is 13.1 Å². The maximum atomic E-state index is 6.31. The van der Waals surface area contributed by atoms with Crippen molar-refractivity contribution in [2.45, 2.75) is 31.9 Å². The monoisotopic (exact) mass is 333 g/mol. The molecule has 5 heterocycles. The number of pyridine rings is 1. The Kier molecular flexibility index (Phi) is 3.52. The van der Waals surface area contributed by atoms with E-state index in [1.54, 1.807) is 0 Å². The van der Waals surface area contributed by atoms with E-state index in [0.29, 0.717) is 12.0 Å². The van der Waals surface area contributed by atoms with Gasteiger partial charge in [-0.1, -0.05) is 12.1 Å². The van der Waals surface area contributed by atoms with Gasteiger partial charge in [-0.2, -0.15) is 0 Å². The highest BCUT2D eigenvalue weighted by molar-refractivity contribution is 5.94. The number of piperidine rings is 3. The van der Waals surface area contributed by atoms with E-state index in [1.807, 2.05) is 18.5 Å². The van der Waals surface area contributed by atoms with E-state index in [0.717, 1.165) is 17.0 Å². The van der Waals surface area contributed by atoms with Gasteiger partial charge < -0.3 is 9.72 Å². The number of H-pyrrole nitrogens is 1. The first-order valence-electron chi connectivity index (χ1n) is 9.23. The SMILES string of the molecule is CC1C(Oc2ccc(-c3cccc4[nH]ccc34)cn2)C2CCN1CC2. The number of rotatable bonds is 3. The van der Waals surface area contributed by atoms with Crippen LogP contribution in [0.25, 0.3) is 22.0 Å². The fraction of sp³-hybridized carbons (Fsp3) is 0.381. The standard InChI is InChI=1S/C21H23N3O/c1-14-21(15-8-11-24(14)12-9-15)25-20-6-5-16(13-23-20)17-3-2-4-19-18(17)7-10-22-19/h2-7,10,13-15,21-22H,8-9,11-12H2,1H3. The van der Waals surface area contributed by atoms with Gasteiger partial charge in [-0.05, 0) is 62.5 Å². The number of nitrogens with one attached hydrogen (secondary N) is 1. The molecule has 0 aliphatic carbocycles. The normalized spacial score (nSPS) is 28.4. The third-order valence-electron chi connectivity index (χ3n) is 5.99. The minimum Gasteiger partial charge on any atom is -0.472 e. The Morgan fingerprint density at radius 2 is 2.00 bits per heavy atom. The number of benzene rings is 1. The van der Waals surface area contributed by atoms with E-state index in [9.17, 15) is 0 Å². The minimum atomic E-state index is 0.272. The predicted molar refractivity (Wildman–Crippen MR) is 99.7 cm³/mol. The van der Waals surface area contributed by atoms with Crippen LogP contribution in [-0.2, 0) is 0 Å². The van der Waals surface area contributed by atoms with Crippen LogP contribution in [0.2, 0.25) is 0 Å². The van der Waals surface area contributed by atoms with E-state index in [2.05, 4.69) is 52.1 Å². The van der Waals surface area contributed by atoms with Gasteiger partial charge >= 0.3 is 0 Å². The summed E-state index contributed by atoms with van der Waals surface area (Å²) in [5.41, 5.74) is 3.48. The molecule has 3 saturated heterocycles. The number of hydrogen-bond acceptors (Lipinski definition) is 3. The molecule has 0 amide bonds. The molecule has 1 N–H and O–H groups in total. The van der Waals surface area contributed by atoms with E-state index in [4.69, 9.17) is 4.74 Å². The van der Waals surface area contributed by atoms with E-state index >= 15 is 0 Å². The lowest BCUT2D eigenvalue weighted by Gasteiger charge is -2.49. The summed E-state index contributed by atoms with van der Waals surface area (Å²) in [5, 5.41) is 1.23. The van der Waals surface area contributed by atoms with Crippen molar-refractivity contribution in [2.24, 2.45) is 5.92 Å². The number of aromatic amines is 1. The molecule has 0 radical (unpaired) electrons. The minimum absolute atomic E-state index is 0.272. The molecule has 3 aliphatic rings. The number of fused-ring (bicyclic) bond motifs is 4. The number of ether oxygens (including phenoxy) is 1. The van der Waals surface area contributed by atoms with Crippen LogP contribution in [0.1, 0.15) is 19.8 Å². The second kappa shape index (κ2) is 5.88. The Balaban J connectivity index is 1.40. The van der Waals surface area contributed by atoms with Gasteiger partial charge in [0, 0.05) is 41.0 Å². The molecule has 25 heavy (non-hydrogen) atoms. The Labute approximate surface area is 147 Å². The van der Waals surface area contributed by atoms with Crippen molar-refractivity contribution in [1.29, 1.82) is 0 Å². The molecule has 2 bridgehead atoms. The Hall–Kier alpha value is -2.33. The Bertz CT molecular complexity index is 876. The summed E-state index contributed by atoms with van der Waals surface area (Å²) in [6, 6.07) is 13.1. The number of hydrogen-bond donors (Lipinski definition) is 1. The lowest BCUT2D eigenvalue weighted by atomic mass is 9.81. The van der Waals surface area contributed by atoms with Crippen molar-refractivity contribution in [1.82, 2.24) is 14.9 Å². The van der Waals surface area contributed by atoms with Crippen LogP contribution in [0.15, 0.2) is 48.8 Å². The molecule has 3 aliphatic heterocycles. The van der Waals surface area contributed by atoms with Gasteiger partial charge in [0.2, 0.25) is 5.88 Å². The number of aromatic nitrogens is 2. The summed E-state index contributed by atoms with van der Waals surface area (Å²) in [6.07, 6.45) is 6.69. The zero-order valence-electron chi connectivity index (χ0n) is 14.5. The summed E-state index contributed by atoms with van der Waals surface area (Å²) >= 11 is 0. The first-order chi connectivity index (χ1) is 12.3. The van der Waals surface area contributed by atoms with Crippen molar-refractivity contribution >= 4 is 10.9 Å². The van der Waals surface area contributed by atoms with Gasteiger partial charge in [0.1, 0.15) is 6.10 Å². The molecular weight excluding hydrogens is 310 g/mol. The Morgan fingerprint density at radius 3 is 2.76 bits per heavy atom. The fourth-order valence-electron chi connectivity index (χ4n) is 4.54. The molecule has 0 spiro atoms. The van der Waals surface area contributed by atoms with Crippen LogP contribution in [0, 0.1) is 5.92 Å². The third-order valence-corrected chi connectivity index (χ3v) is 5.99.